The first kappa shape index (κ1) is 33.6. The Morgan fingerprint density at radius 2 is 1.94 bits per heavy atom. The molecule has 252 valence electrons. The number of thiophene rings is 1. The lowest BCUT2D eigenvalue weighted by molar-refractivity contribution is -0.126. The van der Waals surface area contributed by atoms with Gasteiger partial charge in [0.15, 0.2) is 0 Å². The van der Waals surface area contributed by atoms with E-state index >= 15 is 0 Å². The van der Waals surface area contributed by atoms with E-state index in [-0.39, 0.29) is 28.5 Å². The van der Waals surface area contributed by atoms with Crippen LogP contribution in [0, 0.1) is 30.1 Å². The molecule has 0 saturated carbocycles. The van der Waals surface area contributed by atoms with Gasteiger partial charge in [-0.15, -0.1) is 11.3 Å². The van der Waals surface area contributed by atoms with E-state index in [2.05, 4.69) is 57.0 Å². The Morgan fingerprint density at radius 1 is 1.17 bits per heavy atom. The van der Waals surface area contributed by atoms with Gasteiger partial charge in [0.05, 0.1) is 17.6 Å². The van der Waals surface area contributed by atoms with Gasteiger partial charge in [-0.3, -0.25) is 4.90 Å². The number of alkyl halides is 3. The van der Waals surface area contributed by atoms with Gasteiger partial charge >= 0.3 is 6.18 Å². The Labute approximate surface area is 277 Å². The third-order valence-electron chi connectivity index (χ3n) is 9.63. The van der Waals surface area contributed by atoms with Crippen LogP contribution < -0.4 is 10.0 Å². The molecule has 14 heteroatoms. The highest BCUT2D eigenvalue weighted by Crippen LogP contribution is 2.35. The number of sulfonamides is 1. The predicted octanol–water partition coefficient (Wildman–Crippen LogP) is 6.15. The van der Waals surface area contributed by atoms with Crippen molar-refractivity contribution in [3.63, 3.8) is 0 Å². The van der Waals surface area contributed by atoms with Crippen LogP contribution >= 0.6 is 11.3 Å². The molecular formula is C33H40F3N7O2S2. The molecule has 3 aromatic heterocycles. The topological polar surface area (TPSA) is 116 Å². The molecule has 0 spiro atoms. The molecule has 0 aliphatic carbocycles. The van der Waals surface area contributed by atoms with Gasteiger partial charge in [0.1, 0.15) is 28.2 Å². The summed E-state index contributed by atoms with van der Waals surface area (Å²) in [6.45, 7) is 9.62. The second-order valence-electron chi connectivity index (χ2n) is 13.0. The van der Waals surface area contributed by atoms with Gasteiger partial charge < -0.3 is 9.88 Å². The third-order valence-corrected chi connectivity index (χ3v) is 12.2. The number of nitrogens with one attached hydrogen (secondary N) is 2. The minimum Gasteiger partial charge on any atom is -0.367 e. The zero-order valence-electron chi connectivity index (χ0n) is 26.8. The van der Waals surface area contributed by atoms with Crippen molar-refractivity contribution >= 4 is 48.3 Å². The number of likely N-dealkylation sites (tertiary alicyclic amines) is 1. The lowest BCUT2D eigenvalue weighted by Crippen LogP contribution is -2.40. The lowest BCUT2D eigenvalue weighted by atomic mass is 9.92. The summed E-state index contributed by atoms with van der Waals surface area (Å²) in [5.74, 6) is 1.48. The van der Waals surface area contributed by atoms with Crippen molar-refractivity contribution < 1.29 is 21.6 Å². The fourth-order valence-corrected chi connectivity index (χ4v) is 9.61. The number of nitrogens with zero attached hydrogens (tertiary/aromatic N) is 5. The lowest BCUT2D eigenvalue weighted by Gasteiger charge is -2.33. The van der Waals surface area contributed by atoms with E-state index in [9.17, 15) is 26.9 Å². The summed E-state index contributed by atoms with van der Waals surface area (Å²) in [5.41, 5.74) is 3.90. The van der Waals surface area contributed by atoms with Crippen LogP contribution in [0.2, 0.25) is 0 Å². The Bertz CT molecular complexity index is 1920. The fourth-order valence-electron chi connectivity index (χ4n) is 6.93. The van der Waals surface area contributed by atoms with Crippen LogP contribution in [0.15, 0.2) is 24.3 Å². The number of anilines is 1. The van der Waals surface area contributed by atoms with E-state index in [0.717, 1.165) is 66.7 Å². The Kier molecular flexibility index (Phi) is 9.55. The molecule has 5 heterocycles. The number of piperidine rings is 1. The van der Waals surface area contributed by atoms with Crippen molar-refractivity contribution in [1.29, 1.82) is 5.26 Å². The summed E-state index contributed by atoms with van der Waals surface area (Å²) in [5, 5.41) is 15.2. The Hall–Kier alpha value is -3.25. The number of hydrogen-bond donors (Lipinski definition) is 2. The summed E-state index contributed by atoms with van der Waals surface area (Å²) < 4.78 is 68.1. The van der Waals surface area contributed by atoms with Crippen LogP contribution in [0.1, 0.15) is 60.6 Å². The van der Waals surface area contributed by atoms with Crippen molar-refractivity contribution in [3.8, 4) is 6.07 Å². The van der Waals surface area contributed by atoms with Gasteiger partial charge in [-0.05, 0) is 67.3 Å². The van der Waals surface area contributed by atoms with Crippen molar-refractivity contribution in [2.75, 3.05) is 30.7 Å². The van der Waals surface area contributed by atoms with E-state index in [1.54, 1.807) is 6.07 Å². The summed E-state index contributed by atoms with van der Waals surface area (Å²) in [6, 6.07) is 10.2. The second kappa shape index (κ2) is 13.3. The number of aromatic nitrogens is 3. The second-order valence-corrected chi connectivity index (χ2v) is 16.0. The molecule has 9 nitrogen and oxygen atoms in total. The zero-order valence-corrected chi connectivity index (χ0v) is 28.5. The van der Waals surface area contributed by atoms with E-state index in [1.165, 1.54) is 5.56 Å². The molecule has 2 N–H and O–H groups in total. The normalized spacial score (nSPS) is 20.1. The van der Waals surface area contributed by atoms with E-state index in [0.29, 0.717) is 47.1 Å². The molecule has 1 unspecified atom stereocenters. The first-order valence-corrected chi connectivity index (χ1v) is 18.6. The molecule has 2 saturated heterocycles. The molecule has 2 fully saturated rings. The summed E-state index contributed by atoms with van der Waals surface area (Å²) in [6.07, 6.45) is -2.12. The number of rotatable bonds is 9. The first-order chi connectivity index (χ1) is 22.3. The van der Waals surface area contributed by atoms with Crippen molar-refractivity contribution in [3.05, 3.63) is 51.8 Å². The quantitative estimate of drug-likeness (QED) is 0.217. The molecule has 0 amide bonds. The summed E-state index contributed by atoms with van der Waals surface area (Å²) in [4.78, 5) is 12.4. The Morgan fingerprint density at radius 3 is 2.62 bits per heavy atom. The van der Waals surface area contributed by atoms with Crippen molar-refractivity contribution in [1.82, 2.24) is 24.2 Å². The molecule has 2 aliphatic rings. The van der Waals surface area contributed by atoms with Gasteiger partial charge in [0.2, 0.25) is 10.0 Å². The van der Waals surface area contributed by atoms with E-state index in [1.807, 2.05) is 17.6 Å². The van der Waals surface area contributed by atoms with Crippen LogP contribution in [-0.2, 0) is 36.0 Å². The number of aryl methyl sites for hydroxylation is 2. The molecule has 1 aromatic carbocycles. The highest BCUT2D eigenvalue weighted by atomic mass is 32.2. The average molecular weight is 688 g/mol. The molecule has 2 atom stereocenters. The number of fused-ring (bicyclic) bond motifs is 2. The fraction of sp³-hybridized carbons (Fsp3) is 0.545. The summed E-state index contributed by atoms with van der Waals surface area (Å²) in [7, 11) is -3.25. The van der Waals surface area contributed by atoms with Crippen LogP contribution in [-0.4, -0.2) is 65.5 Å². The van der Waals surface area contributed by atoms with Crippen LogP contribution in [0.4, 0.5) is 19.0 Å². The molecule has 4 aromatic rings. The molecule has 6 rings (SSSR count). The number of nitriles is 1. The van der Waals surface area contributed by atoms with Gasteiger partial charge in [-0.1, -0.05) is 19.9 Å². The molecule has 2 aliphatic heterocycles. The van der Waals surface area contributed by atoms with E-state index < -0.39 is 22.6 Å². The van der Waals surface area contributed by atoms with Crippen molar-refractivity contribution in [2.45, 2.75) is 78.2 Å². The number of halogens is 3. The average Bonchev–Trinajstić information content (AvgIpc) is 3.58. The van der Waals surface area contributed by atoms with Crippen LogP contribution in [0.5, 0.6) is 0 Å². The van der Waals surface area contributed by atoms with Crippen LogP contribution in [0.25, 0.3) is 21.1 Å². The highest BCUT2D eigenvalue weighted by molar-refractivity contribution is 7.89. The van der Waals surface area contributed by atoms with E-state index in [4.69, 9.17) is 0 Å². The maximum absolute atomic E-state index is 13.1. The summed E-state index contributed by atoms with van der Waals surface area (Å²) >= 11 is 1.08. The highest BCUT2D eigenvalue weighted by Gasteiger charge is 2.31. The van der Waals surface area contributed by atoms with Gasteiger partial charge in [0, 0.05) is 61.0 Å². The maximum Gasteiger partial charge on any atom is 0.393 e. The van der Waals surface area contributed by atoms with Gasteiger partial charge in [-0.2, -0.15) is 18.4 Å². The zero-order chi connectivity index (χ0) is 33.5. The Balaban J connectivity index is 1.12. The maximum atomic E-state index is 13.1. The third kappa shape index (κ3) is 7.58. The predicted molar refractivity (Wildman–Crippen MR) is 179 cm³/mol. The smallest absolute Gasteiger partial charge is 0.367 e. The van der Waals surface area contributed by atoms with Gasteiger partial charge in [-0.25, -0.2) is 23.1 Å². The monoisotopic (exact) mass is 687 g/mol. The first-order valence-electron chi connectivity index (χ1n) is 16.2. The largest absolute Gasteiger partial charge is 0.393 e. The number of benzene rings is 1. The standard InChI is InChI=1S/C33H40F3N7O2S2/c1-4-30-40-31(28-14-26(15-33(34,35)36)46-32(28)41-30)39-24-8-11-42(12-9-24)18-22-5-6-29-27(21(22)3)13-25(16-37)43(29)17-20(2)23-7-10-38-47(44,45)19-23/h5-6,13-14,20,23-24,38H,4,7-12,15,17-19H2,1-3H3,(H,39,40,41)/t20-,23?/m0/s1. The van der Waals surface area contributed by atoms with Gasteiger partial charge in [0.25, 0.3) is 0 Å². The molecule has 0 radical (unpaired) electrons. The van der Waals surface area contributed by atoms with Crippen molar-refractivity contribution in [2.24, 2.45) is 11.8 Å². The minimum absolute atomic E-state index is 0.0363. The number of hydrogen-bond acceptors (Lipinski definition) is 8. The SMILES string of the molecule is CCc1nc(NC2CCN(Cc3ccc4c(cc(C#N)n4C[C@H](C)C4CCNS(=O)(=O)C4)c3C)CC2)c2cc(CC(F)(F)F)sc2n1. The minimum atomic E-state index is -4.27. The molecular weight excluding hydrogens is 648 g/mol. The van der Waals surface area contributed by atoms with Crippen LogP contribution in [0.3, 0.4) is 0 Å². The molecule has 0 bridgehead atoms. The molecule has 47 heavy (non-hydrogen) atoms.